The summed E-state index contributed by atoms with van der Waals surface area (Å²) in [4.78, 5) is 13.3. The van der Waals surface area contributed by atoms with E-state index in [0.717, 1.165) is 0 Å². The maximum atomic E-state index is 13.2. The molecule has 3 heteroatoms. The zero-order valence-corrected chi connectivity index (χ0v) is 7.39. The number of nitrogens with zero attached hydrogens (tertiary/aromatic N) is 1. The summed E-state index contributed by atoms with van der Waals surface area (Å²) in [5.74, 6) is 0.0245. The summed E-state index contributed by atoms with van der Waals surface area (Å²) in [7, 11) is 0. The lowest BCUT2D eigenvalue weighted by molar-refractivity contribution is 0.146. The van der Waals surface area contributed by atoms with E-state index in [-0.39, 0.29) is 5.92 Å². The van der Waals surface area contributed by atoms with Crippen molar-refractivity contribution in [3.8, 4) is 0 Å². The maximum Gasteiger partial charge on any atom is 0.235 e. The molecule has 0 saturated heterocycles. The molecule has 0 aromatic rings. The zero-order chi connectivity index (χ0) is 9.07. The number of rotatable bonds is 3. The van der Waals surface area contributed by atoms with Crippen molar-refractivity contribution >= 4 is 6.08 Å². The highest BCUT2D eigenvalue weighted by molar-refractivity contribution is 5.34. The molecule has 0 bridgehead atoms. The van der Waals surface area contributed by atoms with Gasteiger partial charge in [-0.2, -0.15) is 4.99 Å². The van der Waals surface area contributed by atoms with Crippen molar-refractivity contribution in [1.29, 1.82) is 0 Å². The molecule has 11 heavy (non-hydrogen) atoms. The molecule has 0 spiro atoms. The van der Waals surface area contributed by atoms with Gasteiger partial charge >= 0.3 is 0 Å². The molecular weight excluding hydrogens is 145 g/mol. The van der Waals surface area contributed by atoms with Gasteiger partial charge in [0.15, 0.2) is 0 Å². The SMILES string of the molecule is CC(C)C(N=C=O)C(C)(C)F. The molecule has 64 valence electrons. The van der Waals surface area contributed by atoms with E-state index in [0.29, 0.717) is 0 Å². The highest BCUT2D eigenvalue weighted by atomic mass is 19.1. The normalized spacial score (nSPS) is 14.4. The van der Waals surface area contributed by atoms with Gasteiger partial charge in [0, 0.05) is 0 Å². The van der Waals surface area contributed by atoms with Crippen LogP contribution < -0.4 is 0 Å². The van der Waals surface area contributed by atoms with E-state index < -0.39 is 11.7 Å². The molecule has 0 aliphatic carbocycles. The first-order valence-electron chi connectivity index (χ1n) is 3.65. The van der Waals surface area contributed by atoms with Crippen molar-refractivity contribution in [3.63, 3.8) is 0 Å². The fourth-order valence-corrected chi connectivity index (χ4v) is 1.15. The largest absolute Gasteiger partial charge is 0.242 e. The van der Waals surface area contributed by atoms with Crippen molar-refractivity contribution in [2.24, 2.45) is 10.9 Å². The molecule has 0 aliphatic rings. The average Bonchev–Trinajstić information content (AvgIpc) is 1.79. The van der Waals surface area contributed by atoms with E-state index in [1.54, 1.807) is 0 Å². The topological polar surface area (TPSA) is 29.4 Å². The summed E-state index contributed by atoms with van der Waals surface area (Å²) in [5, 5.41) is 0. The van der Waals surface area contributed by atoms with E-state index in [9.17, 15) is 9.18 Å². The Morgan fingerprint density at radius 1 is 1.45 bits per heavy atom. The van der Waals surface area contributed by atoms with E-state index in [2.05, 4.69) is 4.99 Å². The number of hydrogen-bond donors (Lipinski definition) is 0. The first-order valence-corrected chi connectivity index (χ1v) is 3.65. The first kappa shape index (κ1) is 10.3. The molecule has 0 rings (SSSR count). The Kier molecular flexibility index (Phi) is 3.40. The van der Waals surface area contributed by atoms with Gasteiger partial charge in [-0.3, -0.25) is 0 Å². The van der Waals surface area contributed by atoms with Crippen molar-refractivity contribution < 1.29 is 9.18 Å². The highest BCUT2D eigenvalue weighted by Gasteiger charge is 2.31. The quantitative estimate of drug-likeness (QED) is 0.458. The van der Waals surface area contributed by atoms with Crippen LogP contribution >= 0.6 is 0 Å². The number of alkyl halides is 1. The Balaban J connectivity index is 4.47. The highest BCUT2D eigenvalue weighted by Crippen LogP contribution is 2.23. The Hall–Kier alpha value is -0.690. The van der Waals surface area contributed by atoms with Gasteiger partial charge in [-0.15, -0.1) is 0 Å². The smallest absolute Gasteiger partial charge is 0.235 e. The predicted octanol–water partition coefficient (Wildman–Crippen LogP) is 2.09. The van der Waals surface area contributed by atoms with Crippen LogP contribution in [0, 0.1) is 5.92 Å². The Bertz CT molecular complexity index is 165. The minimum atomic E-state index is -1.44. The third kappa shape index (κ3) is 3.28. The van der Waals surface area contributed by atoms with Crippen molar-refractivity contribution in [1.82, 2.24) is 0 Å². The third-order valence-corrected chi connectivity index (χ3v) is 1.53. The molecule has 2 nitrogen and oxygen atoms in total. The van der Waals surface area contributed by atoms with Crippen LogP contribution in [0.3, 0.4) is 0 Å². The van der Waals surface area contributed by atoms with E-state index in [1.165, 1.54) is 19.9 Å². The van der Waals surface area contributed by atoms with Crippen LogP contribution in [0.1, 0.15) is 27.7 Å². The second-order valence-electron chi connectivity index (χ2n) is 3.47. The van der Waals surface area contributed by atoms with Crippen LogP contribution in [-0.2, 0) is 4.79 Å². The Morgan fingerprint density at radius 3 is 2.00 bits per heavy atom. The first-order chi connectivity index (χ1) is 4.89. The van der Waals surface area contributed by atoms with Crippen molar-refractivity contribution in [3.05, 3.63) is 0 Å². The Labute approximate surface area is 66.5 Å². The minimum Gasteiger partial charge on any atom is -0.242 e. The number of hydrogen-bond acceptors (Lipinski definition) is 2. The molecule has 0 radical (unpaired) electrons. The maximum absolute atomic E-state index is 13.2. The molecule has 1 atom stereocenters. The molecule has 0 fully saturated rings. The molecule has 0 aromatic heterocycles. The van der Waals surface area contributed by atoms with Crippen LogP contribution in [-0.4, -0.2) is 17.8 Å². The summed E-state index contributed by atoms with van der Waals surface area (Å²) in [6.07, 6.45) is 1.39. The van der Waals surface area contributed by atoms with Gasteiger partial charge in [0.05, 0.1) is 6.04 Å². The van der Waals surface area contributed by atoms with E-state index in [4.69, 9.17) is 0 Å². The number of carbonyl (C=O) groups excluding carboxylic acids is 1. The zero-order valence-electron chi connectivity index (χ0n) is 7.39. The summed E-state index contributed by atoms with van der Waals surface area (Å²) in [5.41, 5.74) is -1.44. The monoisotopic (exact) mass is 159 g/mol. The van der Waals surface area contributed by atoms with Gasteiger partial charge in [0.1, 0.15) is 5.67 Å². The number of isocyanates is 1. The molecule has 0 N–H and O–H groups in total. The molecule has 0 amide bonds. The second kappa shape index (κ2) is 3.63. The second-order valence-corrected chi connectivity index (χ2v) is 3.47. The van der Waals surface area contributed by atoms with Crippen LogP contribution in [0.25, 0.3) is 0 Å². The van der Waals surface area contributed by atoms with Crippen LogP contribution in [0.5, 0.6) is 0 Å². The molecule has 0 heterocycles. The van der Waals surface area contributed by atoms with Gasteiger partial charge in [-0.05, 0) is 19.8 Å². The molecule has 0 aromatic carbocycles. The number of halogens is 1. The van der Waals surface area contributed by atoms with Crippen LogP contribution in [0.4, 0.5) is 4.39 Å². The fraction of sp³-hybridized carbons (Fsp3) is 0.875. The van der Waals surface area contributed by atoms with Crippen molar-refractivity contribution in [2.45, 2.75) is 39.4 Å². The minimum absolute atomic E-state index is 0.0245. The van der Waals surface area contributed by atoms with E-state index in [1.807, 2.05) is 13.8 Å². The van der Waals surface area contributed by atoms with Gasteiger partial charge in [-0.1, -0.05) is 13.8 Å². The Morgan fingerprint density at radius 2 is 1.91 bits per heavy atom. The lowest BCUT2D eigenvalue weighted by atomic mass is 9.91. The van der Waals surface area contributed by atoms with Crippen molar-refractivity contribution in [2.75, 3.05) is 0 Å². The molecule has 0 saturated carbocycles. The summed E-state index contributed by atoms with van der Waals surface area (Å²) < 4.78 is 13.2. The predicted molar refractivity (Wildman–Crippen MR) is 41.9 cm³/mol. The van der Waals surface area contributed by atoms with Gasteiger partial charge in [0.25, 0.3) is 0 Å². The lowest BCUT2D eigenvalue weighted by Gasteiger charge is -2.24. The van der Waals surface area contributed by atoms with Crippen LogP contribution in [0.2, 0.25) is 0 Å². The summed E-state index contributed by atoms with van der Waals surface area (Å²) >= 11 is 0. The summed E-state index contributed by atoms with van der Waals surface area (Å²) in [6, 6.07) is -0.583. The lowest BCUT2D eigenvalue weighted by Crippen LogP contribution is -2.34. The van der Waals surface area contributed by atoms with E-state index >= 15 is 0 Å². The number of aliphatic imine (C=N–C) groups is 1. The molecular formula is C8H14FNO. The van der Waals surface area contributed by atoms with Gasteiger partial charge in [0.2, 0.25) is 6.08 Å². The van der Waals surface area contributed by atoms with Crippen LogP contribution in [0.15, 0.2) is 4.99 Å². The fourth-order valence-electron chi connectivity index (χ4n) is 1.15. The summed E-state index contributed by atoms with van der Waals surface area (Å²) in [6.45, 7) is 6.48. The molecule has 0 aliphatic heterocycles. The average molecular weight is 159 g/mol. The third-order valence-electron chi connectivity index (χ3n) is 1.53. The molecule has 1 unspecified atom stereocenters. The van der Waals surface area contributed by atoms with Gasteiger partial charge < -0.3 is 0 Å². The van der Waals surface area contributed by atoms with Gasteiger partial charge in [-0.25, -0.2) is 9.18 Å². The standard InChI is InChI=1S/C8H14FNO/c1-6(2)7(10-5-11)8(3,4)9/h6-7H,1-4H3.